The number of nitrogens with one attached hydrogen (secondary N) is 3. The number of amides is 1. The summed E-state index contributed by atoms with van der Waals surface area (Å²) in [6, 6.07) is 17.3. The third-order valence-electron chi connectivity index (χ3n) is 5.98. The van der Waals surface area contributed by atoms with Gasteiger partial charge in [0.05, 0.1) is 11.2 Å². The molecule has 5 rings (SSSR count). The van der Waals surface area contributed by atoms with Crippen molar-refractivity contribution in [1.29, 1.82) is 0 Å². The van der Waals surface area contributed by atoms with Gasteiger partial charge >= 0.3 is 0 Å². The molecule has 0 aliphatic heterocycles. The summed E-state index contributed by atoms with van der Waals surface area (Å²) in [6.07, 6.45) is 3.10. The summed E-state index contributed by atoms with van der Waals surface area (Å²) in [5, 5.41) is 10.9. The number of aryl methyl sites for hydroxylation is 1. The Morgan fingerprint density at radius 3 is 2.68 bits per heavy atom. The van der Waals surface area contributed by atoms with Crippen molar-refractivity contribution in [3.63, 3.8) is 0 Å². The monoisotopic (exact) mass is 413 g/mol. The highest BCUT2D eigenvalue weighted by atomic mass is 16.2. The summed E-state index contributed by atoms with van der Waals surface area (Å²) in [5.41, 5.74) is 3.75. The van der Waals surface area contributed by atoms with E-state index in [1.165, 1.54) is 0 Å². The lowest BCUT2D eigenvalue weighted by Gasteiger charge is -2.14. The van der Waals surface area contributed by atoms with Gasteiger partial charge in [0.2, 0.25) is 0 Å². The number of para-hydroxylation sites is 1. The van der Waals surface area contributed by atoms with Crippen molar-refractivity contribution in [1.82, 2.24) is 25.5 Å². The third kappa shape index (κ3) is 3.86. The van der Waals surface area contributed by atoms with E-state index < -0.39 is 0 Å². The number of aromatic amines is 2. The Hall–Kier alpha value is -3.74. The lowest BCUT2D eigenvalue weighted by Crippen LogP contribution is -2.30. The molecule has 2 aromatic heterocycles. The Kier molecular flexibility index (Phi) is 5.08. The molecule has 1 aliphatic rings. The zero-order valence-electron chi connectivity index (χ0n) is 17.0. The van der Waals surface area contributed by atoms with E-state index in [1.807, 2.05) is 54.6 Å². The molecular formula is C24H23N5O2. The number of H-pyrrole nitrogens is 2. The summed E-state index contributed by atoms with van der Waals surface area (Å²) in [4.78, 5) is 33.0. The molecule has 7 nitrogen and oxygen atoms in total. The molecule has 1 atom stereocenters. The van der Waals surface area contributed by atoms with E-state index in [0.717, 1.165) is 47.0 Å². The predicted molar refractivity (Wildman–Crippen MR) is 119 cm³/mol. The smallest absolute Gasteiger partial charge is 0.272 e. The Morgan fingerprint density at radius 2 is 1.81 bits per heavy atom. The molecule has 2 heterocycles. The van der Waals surface area contributed by atoms with Gasteiger partial charge in [0.25, 0.3) is 11.5 Å². The van der Waals surface area contributed by atoms with E-state index in [9.17, 15) is 9.59 Å². The highest BCUT2D eigenvalue weighted by Crippen LogP contribution is 2.23. The molecule has 0 bridgehead atoms. The fourth-order valence-electron chi connectivity index (χ4n) is 4.24. The molecule has 4 aromatic rings. The minimum atomic E-state index is -0.179. The second kappa shape index (κ2) is 8.18. The van der Waals surface area contributed by atoms with E-state index in [2.05, 4.69) is 20.5 Å². The van der Waals surface area contributed by atoms with Crippen molar-refractivity contribution in [2.75, 3.05) is 6.54 Å². The van der Waals surface area contributed by atoms with Gasteiger partial charge in [-0.15, -0.1) is 0 Å². The first-order valence-corrected chi connectivity index (χ1v) is 10.6. The van der Waals surface area contributed by atoms with Gasteiger partial charge in [-0.2, -0.15) is 5.10 Å². The summed E-state index contributed by atoms with van der Waals surface area (Å²) >= 11 is 0. The summed E-state index contributed by atoms with van der Waals surface area (Å²) in [7, 11) is 0. The summed E-state index contributed by atoms with van der Waals surface area (Å²) < 4.78 is 0. The first-order chi connectivity index (χ1) is 15.2. The van der Waals surface area contributed by atoms with Crippen molar-refractivity contribution in [3.05, 3.63) is 81.9 Å². The topological polar surface area (TPSA) is 104 Å². The number of fused-ring (bicyclic) bond motifs is 2. The van der Waals surface area contributed by atoms with Crippen LogP contribution in [0.1, 0.15) is 34.6 Å². The Morgan fingerprint density at radius 1 is 1.03 bits per heavy atom. The van der Waals surface area contributed by atoms with Gasteiger partial charge in [-0.25, -0.2) is 4.98 Å². The standard InChI is InChI=1S/C24H23N5O2/c30-23-18-12-10-15(11-13-19(18)26-22(27-23)16-6-2-1-3-7-16)14-25-24(31)21-17-8-4-5-9-20(17)28-29-21/h1-9,15H,10-14H2,(H,25,31)(H,28,29)(H,26,27,30). The van der Waals surface area contributed by atoms with Gasteiger partial charge in [-0.05, 0) is 37.7 Å². The van der Waals surface area contributed by atoms with Crippen molar-refractivity contribution >= 4 is 16.8 Å². The summed E-state index contributed by atoms with van der Waals surface area (Å²) in [6.45, 7) is 0.553. The first-order valence-electron chi connectivity index (χ1n) is 10.6. The van der Waals surface area contributed by atoms with Gasteiger partial charge in [0.1, 0.15) is 5.82 Å². The van der Waals surface area contributed by atoms with Crippen molar-refractivity contribution < 1.29 is 4.79 Å². The SMILES string of the molecule is O=C(NCC1CCc2nc(-c3ccccc3)[nH]c(=O)c2CC1)c1n[nH]c2ccccc12. The molecule has 31 heavy (non-hydrogen) atoms. The second-order valence-corrected chi connectivity index (χ2v) is 7.98. The third-order valence-corrected chi connectivity index (χ3v) is 5.98. The highest BCUT2D eigenvalue weighted by molar-refractivity contribution is 6.04. The average Bonchev–Trinajstić information content (AvgIpc) is 3.12. The maximum atomic E-state index is 12.7. The lowest BCUT2D eigenvalue weighted by molar-refractivity contribution is 0.0942. The number of carbonyl (C=O) groups excluding carboxylic acids is 1. The van der Waals surface area contributed by atoms with Crippen LogP contribution < -0.4 is 10.9 Å². The number of aromatic nitrogens is 4. The fourth-order valence-corrected chi connectivity index (χ4v) is 4.24. The second-order valence-electron chi connectivity index (χ2n) is 7.98. The average molecular weight is 413 g/mol. The zero-order valence-corrected chi connectivity index (χ0v) is 17.0. The van der Waals surface area contributed by atoms with Crippen LogP contribution in [0.25, 0.3) is 22.3 Å². The number of hydrogen-bond donors (Lipinski definition) is 3. The molecule has 7 heteroatoms. The predicted octanol–water partition coefficient (Wildman–Crippen LogP) is 3.24. The minimum absolute atomic E-state index is 0.0588. The molecule has 1 amide bonds. The van der Waals surface area contributed by atoms with Crippen LogP contribution in [-0.2, 0) is 12.8 Å². The van der Waals surface area contributed by atoms with E-state index in [0.29, 0.717) is 24.5 Å². The molecule has 0 saturated heterocycles. The van der Waals surface area contributed by atoms with Gasteiger partial charge in [-0.3, -0.25) is 14.7 Å². The van der Waals surface area contributed by atoms with Crippen molar-refractivity contribution in [2.24, 2.45) is 5.92 Å². The molecule has 1 unspecified atom stereocenters. The van der Waals surface area contributed by atoms with Crippen LogP contribution in [0.15, 0.2) is 59.4 Å². The van der Waals surface area contributed by atoms with Crippen LogP contribution in [0.3, 0.4) is 0 Å². The molecule has 0 radical (unpaired) electrons. The van der Waals surface area contributed by atoms with Crippen molar-refractivity contribution in [2.45, 2.75) is 25.7 Å². The highest BCUT2D eigenvalue weighted by Gasteiger charge is 2.22. The number of rotatable bonds is 4. The molecule has 0 spiro atoms. The summed E-state index contributed by atoms with van der Waals surface area (Å²) in [5.74, 6) is 0.714. The maximum absolute atomic E-state index is 12.7. The molecule has 3 N–H and O–H groups in total. The maximum Gasteiger partial charge on any atom is 0.272 e. The van der Waals surface area contributed by atoms with Gasteiger partial charge in [0, 0.05) is 23.1 Å². The fraction of sp³-hybridized carbons (Fsp3) is 0.250. The molecule has 156 valence electrons. The quantitative estimate of drug-likeness (QED) is 0.447. The van der Waals surface area contributed by atoms with Crippen LogP contribution in [-0.4, -0.2) is 32.6 Å². The number of carbonyl (C=O) groups is 1. The molecule has 2 aromatic carbocycles. The Balaban J connectivity index is 1.27. The normalized spacial score (nSPS) is 15.9. The van der Waals surface area contributed by atoms with Crippen LogP contribution >= 0.6 is 0 Å². The van der Waals surface area contributed by atoms with E-state index in [1.54, 1.807) is 0 Å². The van der Waals surface area contributed by atoms with Crippen LogP contribution in [0.5, 0.6) is 0 Å². The lowest BCUT2D eigenvalue weighted by atomic mass is 9.99. The van der Waals surface area contributed by atoms with Crippen LogP contribution in [0.4, 0.5) is 0 Å². The van der Waals surface area contributed by atoms with E-state index in [-0.39, 0.29) is 17.4 Å². The largest absolute Gasteiger partial charge is 0.350 e. The molecule has 1 aliphatic carbocycles. The zero-order chi connectivity index (χ0) is 21.2. The molecule has 0 fully saturated rings. The number of benzene rings is 2. The first kappa shape index (κ1) is 19.2. The Labute approximate surface area is 178 Å². The van der Waals surface area contributed by atoms with Gasteiger partial charge in [0.15, 0.2) is 5.69 Å². The Bertz CT molecular complexity index is 1290. The van der Waals surface area contributed by atoms with Crippen LogP contribution in [0.2, 0.25) is 0 Å². The minimum Gasteiger partial charge on any atom is -0.350 e. The van der Waals surface area contributed by atoms with E-state index >= 15 is 0 Å². The van der Waals surface area contributed by atoms with Gasteiger partial charge < -0.3 is 10.3 Å². The van der Waals surface area contributed by atoms with Gasteiger partial charge in [-0.1, -0.05) is 48.5 Å². The molecular weight excluding hydrogens is 390 g/mol. The molecule has 0 saturated carbocycles. The van der Waals surface area contributed by atoms with E-state index in [4.69, 9.17) is 4.98 Å². The van der Waals surface area contributed by atoms with Crippen molar-refractivity contribution in [3.8, 4) is 11.4 Å². The number of nitrogens with zero attached hydrogens (tertiary/aromatic N) is 2. The number of hydrogen-bond acceptors (Lipinski definition) is 4. The van der Waals surface area contributed by atoms with Crippen LogP contribution in [0, 0.1) is 5.92 Å².